The minimum atomic E-state index is 0.237. The molecule has 2 atom stereocenters. The molecule has 0 spiro atoms. The highest BCUT2D eigenvalue weighted by atomic mass is 15.2. The lowest BCUT2D eigenvalue weighted by Crippen LogP contribution is -2.54. The molecule has 1 fully saturated rings. The summed E-state index contributed by atoms with van der Waals surface area (Å²) >= 11 is 0. The molecule has 1 saturated carbocycles. The topological polar surface area (TPSA) is 15.3 Å². The summed E-state index contributed by atoms with van der Waals surface area (Å²) in [5.74, 6) is 0.816. The van der Waals surface area contributed by atoms with Crippen LogP contribution in [0.4, 0.5) is 0 Å². The normalized spacial score (nSPS) is 25.1. The molecule has 0 saturated heterocycles. The first-order valence-corrected chi connectivity index (χ1v) is 6.97. The van der Waals surface area contributed by atoms with Crippen molar-refractivity contribution in [3.05, 3.63) is 12.7 Å². The van der Waals surface area contributed by atoms with Crippen molar-refractivity contribution >= 4 is 0 Å². The van der Waals surface area contributed by atoms with E-state index in [2.05, 4.69) is 51.4 Å². The van der Waals surface area contributed by atoms with E-state index in [0.717, 1.165) is 25.0 Å². The molecule has 2 nitrogen and oxygen atoms in total. The van der Waals surface area contributed by atoms with E-state index >= 15 is 0 Å². The van der Waals surface area contributed by atoms with Crippen LogP contribution < -0.4 is 5.32 Å². The van der Waals surface area contributed by atoms with Crippen molar-refractivity contribution in [1.29, 1.82) is 0 Å². The highest BCUT2D eigenvalue weighted by molar-refractivity contribution is 4.94. The van der Waals surface area contributed by atoms with E-state index in [9.17, 15) is 0 Å². The summed E-state index contributed by atoms with van der Waals surface area (Å²) in [7, 11) is 0. The molecule has 0 bridgehead atoms. The molecule has 2 unspecified atom stereocenters. The zero-order valence-electron chi connectivity index (χ0n) is 12.3. The molecule has 1 aliphatic rings. The lowest BCUT2D eigenvalue weighted by Gasteiger charge is -2.47. The Labute approximate surface area is 107 Å². The van der Waals surface area contributed by atoms with E-state index in [1.54, 1.807) is 0 Å². The van der Waals surface area contributed by atoms with Crippen molar-refractivity contribution in [2.24, 2.45) is 5.92 Å². The SMILES string of the molecule is C=CCN(C(C)C)C1CCC1CNC(C)(C)C. The predicted molar refractivity (Wildman–Crippen MR) is 76.3 cm³/mol. The average molecular weight is 238 g/mol. The van der Waals surface area contributed by atoms with E-state index in [4.69, 9.17) is 0 Å². The van der Waals surface area contributed by atoms with Gasteiger partial charge in [0.1, 0.15) is 0 Å². The number of hydrogen-bond acceptors (Lipinski definition) is 2. The molecule has 0 heterocycles. The van der Waals surface area contributed by atoms with Crippen LogP contribution in [0.2, 0.25) is 0 Å². The predicted octanol–water partition coefficient (Wildman–Crippen LogP) is 3.05. The van der Waals surface area contributed by atoms with Crippen LogP contribution in [-0.2, 0) is 0 Å². The Hall–Kier alpha value is -0.340. The number of nitrogens with one attached hydrogen (secondary N) is 1. The van der Waals surface area contributed by atoms with Crippen LogP contribution in [0.1, 0.15) is 47.5 Å². The van der Waals surface area contributed by atoms with E-state index in [1.807, 2.05) is 6.08 Å². The second kappa shape index (κ2) is 6.01. The second-order valence-electron chi connectivity index (χ2n) is 6.61. The molecule has 100 valence electrons. The molecule has 0 radical (unpaired) electrons. The van der Waals surface area contributed by atoms with Crippen LogP contribution in [0.15, 0.2) is 12.7 Å². The van der Waals surface area contributed by atoms with Crippen LogP contribution in [0.25, 0.3) is 0 Å². The summed E-state index contributed by atoms with van der Waals surface area (Å²) in [5.41, 5.74) is 0.237. The van der Waals surface area contributed by atoms with Crippen molar-refractivity contribution in [2.45, 2.75) is 65.1 Å². The first-order valence-electron chi connectivity index (χ1n) is 6.97. The molecule has 0 aliphatic heterocycles. The van der Waals surface area contributed by atoms with Gasteiger partial charge in [0, 0.05) is 24.2 Å². The second-order valence-corrected chi connectivity index (χ2v) is 6.61. The van der Waals surface area contributed by atoms with Crippen LogP contribution >= 0.6 is 0 Å². The average Bonchev–Trinajstić information content (AvgIpc) is 2.13. The molecule has 0 aromatic carbocycles. The standard InChI is InChI=1S/C15H30N2/c1-7-10-17(12(2)3)14-9-8-13(14)11-16-15(4,5)6/h7,12-14,16H,1,8-11H2,2-6H3. The van der Waals surface area contributed by atoms with Crippen molar-refractivity contribution in [2.75, 3.05) is 13.1 Å². The first kappa shape index (κ1) is 14.7. The first-order chi connectivity index (χ1) is 7.85. The van der Waals surface area contributed by atoms with Gasteiger partial charge in [0.05, 0.1) is 0 Å². The maximum atomic E-state index is 3.88. The summed E-state index contributed by atoms with van der Waals surface area (Å²) in [5, 5.41) is 3.64. The van der Waals surface area contributed by atoms with Crippen LogP contribution in [0.3, 0.4) is 0 Å². The third-order valence-corrected chi connectivity index (χ3v) is 3.70. The third-order valence-electron chi connectivity index (χ3n) is 3.70. The Bertz CT molecular complexity index is 240. The van der Waals surface area contributed by atoms with Crippen molar-refractivity contribution < 1.29 is 0 Å². The Morgan fingerprint density at radius 2 is 2.00 bits per heavy atom. The van der Waals surface area contributed by atoms with Gasteiger partial charge in [0.15, 0.2) is 0 Å². The largest absolute Gasteiger partial charge is 0.312 e. The molecule has 1 rings (SSSR count). The zero-order chi connectivity index (χ0) is 13.1. The molecule has 17 heavy (non-hydrogen) atoms. The summed E-state index contributed by atoms with van der Waals surface area (Å²) < 4.78 is 0. The molecule has 2 heteroatoms. The monoisotopic (exact) mass is 238 g/mol. The fraction of sp³-hybridized carbons (Fsp3) is 0.867. The van der Waals surface area contributed by atoms with E-state index in [-0.39, 0.29) is 5.54 Å². The Kier molecular flexibility index (Phi) is 5.21. The van der Waals surface area contributed by atoms with Gasteiger partial charge in [-0.25, -0.2) is 0 Å². The van der Waals surface area contributed by atoms with Crippen LogP contribution in [-0.4, -0.2) is 35.6 Å². The number of hydrogen-bond donors (Lipinski definition) is 1. The Morgan fingerprint density at radius 3 is 2.35 bits per heavy atom. The smallest absolute Gasteiger partial charge is 0.0166 e. The Balaban J connectivity index is 2.45. The van der Waals surface area contributed by atoms with Crippen molar-refractivity contribution in [3.8, 4) is 0 Å². The highest BCUT2D eigenvalue weighted by Crippen LogP contribution is 2.33. The summed E-state index contributed by atoms with van der Waals surface area (Å²) in [6.45, 7) is 17.3. The van der Waals surface area contributed by atoms with Gasteiger partial charge in [-0.3, -0.25) is 4.90 Å². The van der Waals surface area contributed by atoms with Crippen molar-refractivity contribution in [1.82, 2.24) is 10.2 Å². The summed E-state index contributed by atoms with van der Waals surface area (Å²) in [4.78, 5) is 2.59. The third kappa shape index (κ3) is 4.44. The van der Waals surface area contributed by atoms with Gasteiger partial charge in [0.2, 0.25) is 0 Å². The van der Waals surface area contributed by atoms with Gasteiger partial charge in [0.25, 0.3) is 0 Å². The van der Waals surface area contributed by atoms with Crippen molar-refractivity contribution in [3.63, 3.8) is 0 Å². The van der Waals surface area contributed by atoms with E-state index in [1.165, 1.54) is 12.8 Å². The van der Waals surface area contributed by atoms with Gasteiger partial charge >= 0.3 is 0 Å². The van der Waals surface area contributed by atoms with E-state index in [0.29, 0.717) is 6.04 Å². The van der Waals surface area contributed by atoms with E-state index < -0.39 is 0 Å². The molecule has 1 N–H and O–H groups in total. The van der Waals surface area contributed by atoms with Gasteiger partial charge in [-0.05, 0) is 59.9 Å². The maximum Gasteiger partial charge on any atom is 0.0166 e. The number of rotatable bonds is 6. The minimum Gasteiger partial charge on any atom is -0.312 e. The zero-order valence-corrected chi connectivity index (χ0v) is 12.3. The Morgan fingerprint density at radius 1 is 1.35 bits per heavy atom. The lowest BCUT2D eigenvalue weighted by atomic mass is 9.77. The van der Waals surface area contributed by atoms with Gasteiger partial charge < -0.3 is 5.32 Å². The minimum absolute atomic E-state index is 0.237. The summed E-state index contributed by atoms with van der Waals surface area (Å²) in [6.07, 6.45) is 4.75. The summed E-state index contributed by atoms with van der Waals surface area (Å²) in [6, 6.07) is 1.37. The fourth-order valence-corrected chi connectivity index (χ4v) is 2.54. The van der Waals surface area contributed by atoms with Gasteiger partial charge in [-0.2, -0.15) is 0 Å². The number of nitrogens with zero attached hydrogens (tertiary/aromatic N) is 1. The molecular weight excluding hydrogens is 208 g/mol. The van der Waals surface area contributed by atoms with Crippen LogP contribution in [0.5, 0.6) is 0 Å². The molecule has 0 amide bonds. The molecular formula is C15H30N2. The van der Waals surface area contributed by atoms with Crippen LogP contribution in [0, 0.1) is 5.92 Å². The molecule has 0 aromatic rings. The maximum absolute atomic E-state index is 3.88. The molecule has 0 aromatic heterocycles. The molecule has 1 aliphatic carbocycles. The van der Waals surface area contributed by atoms with Gasteiger partial charge in [-0.15, -0.1) is 6.58 Å². The lowest BCUT2D eigenvalue weighted by molar-refractivity contribution is 0.0448. The quantitative estimate of drug-likeness (QED) is 0.716. The highest BCUT2D eigenvalue weighted by Gasteiger charge is 2.36. The fourth-order valence-electron chi connectivity index (χ4n) is 2.54. The van der Waals surface area contributed by atoms with Gasteiger partial charge in [-0.1, -0.05) is 6.08 Å².